The Labute approximate surface area is 256 Å². The van der Waals surface area contributed by atoms with E-state index in [1.54, 1.807) is 6.07 Å². The van der Waals surface area contributed by atoms with Gasteiger partial charge in [0, 0.05) is 23.4 Å². The highest BCUT2D eigenvalue weighted by atomic mass is 16.6. The smallest absolute Gasteiger partial charge is 0.271 e. The van der Waals surface area contributed by atoms with Gasteiger partial charge in [-0.3, -0.25) is 19.7 Å². The van der Waals surface area contributed by atoms with E-state index in [-0.39, 0.29) is 23.5 Å². The molecule has 1 heterocycles. The van der Waals surface area contributed by atoms with Gasteiger partial charge in [0.2, 0.25) is 11.8 Å². The zero-order valence-corrected chi connectivity index (χ0v) is 25.0. The maximum absolute atomic E-state index is 13.7. The average Bonchev–Trinajstić information content (AvgIpc) is 3.28. The summed E-state index contributed by atoms with van der Waals surface area (Å²) >= 11 is 0. The van der Waals surface area contributed by atoms with Crippen molar-refractivity contribution in [2.24, 2.45) is 17.8 Å². The van der Waals surface area contributed by atoms with E-state index in [9.17, 15) is 35.0 Å². The number of aliphatic hydroxyl groups excluding tert-OH is 2. The van der Waals surface area contributed by atoms with Crippen LogP contribution in [0.5, 0.6) is 5.75 Å². The molecule has 1 aliphatic heterocycles. The van der Waals surface area contributed by atoms with Crippen molar-refractivity contribution in [2.45, 2.75) is 58.5 Å². The topological polar surface area (TPSA) is 141 Å². The summed E-state index contributed by atoms with van der Waals surface area (Å²) in [6, 6.07) is 16.7. The normalized spacial score (nSPS) is 21.2. The second-order valence-electron chi connectivity index (χ2n) is 11.7. The number of nitro benzene ring substituents is 1. The van der Waals surface area contributed by atoms with Gasteiger partial charge in [-0.25, -0.2) is 4.90 Å². The van der Waals surface area contributed by atoms with Gasteiger partial charge < -0.3 is 15.3 Å². The van der Waals surface area contributed by atoms with Gasteiger partial charge in [0.15, 0.2) is 0 Å². The van der Waals surface area contributed by atoms with Crippen LogP contribution in [0.2, 0.25) is 0 Å². The van der Waals surface area contributed by atoms with Gasteiger partial charge in [-0.05, 0) is 60.8 Å². The number of amides is 2. The summed E-state index contributed by atoms with van der Waals surface area (Å²) in [6.07, 6.45) is 4.74. The number of rotatable bonds is 11. The van der Waals surface area contributed by atoms with Crippen molar-refractivity contribution in [1.82, 2.24) is 0 Å². The Morgan fingerprint density at radius 2 is 1.80 bits per heavy atom. The first-order chi connectivity index (χ1) is 21.2. The molecule has 3 N–H and O–H groups in total. The Bertz CT molecular complexity index is 1660. The molecular formula is C35H38N2O7. The predicted octanol–water partition coefficient (Wildman–Crippen LogP) is 6.30. The number of hydrogen-bond donors (Lipinski definition) is 3. The van der Waals surface area contributed by atoms with Crippen molar-refractivity contribution in [3.05, 3.63) is 93.1 Å². The Hall–Kier alpha value is -4.34. The molecule has 9 nitrogen and oxygen atoms in total. The number of non-ortho nitro benzene ring substituents is 1. The molecule has 0 aromatic heterocycles. The lowest BCUT2D eigenvalue weighted by atomic mass is 9.67. The molecule has 1 aliphatic carbocycles. The molecule has 3 aromatic carbocycles. The van der Waals surface area contributed by atoms with E-state index in [4.69, 9.17) is 0 Å². The molecule has 5 rings (SSSR count). The standard InChI is InChI=1S/C35H38N2O7/c1-3-8-21(17-23-14-16-30(39)27-12-6-5-11-26(23)27)13-15-31(40)32-22(4-2)18-28-33(29(32)20-38)35(42)36(34(28)41)24-9-7-10-25(19-24)37(43)44/h5-7,9-12,14,16-17,19,28-29,31,33,38-40H,3-4,8,13,15,18,20H2,1-2H3/b21-17+/t28-,29+,31-,33-/m1/s1. The number of aliphatic hydroxyl groups is 2. The van der Waals surface area contributed by atoms with E-state index in [0.717, 1.165) is 45.2 Å². The van der Waals surface area contributed by atoms with Gasteiger partial charge in [-0.15, -0.1) is 0 Å². The SMILES string of the molecule is CCC/C(=C\c1ccc(O)c2ccccc12)CC[C@@H](O)C1=C(CC)C[C@H]2C(=O)N(c3cccc([N+](=O)[O-])c3)C(=O)[C@H]2[C@H]1CO. The number of nitrogens with zero attached hydrogens (tertiary/aromatic N) is 2. The number of phenols is 1. The fourth-order valence-corrected chi connectivity index (χ4v) is 7.02. The third-order valence-corrected chi connectivity index (χ3v) is 9.07. The first kappa shape index (κ1) is 31.1. The number of carbonyl (C=O) groups is 2. The van der Waals surface area contributed by atoms with Gasteiger partial charge in [-0.2, -0.15) is 0 Å². The highest BCUT2D eigenvalue weighted by molar-refractivity contribution is 6.22. The first-order valence-electron chi connectivity index (χ1n) is 15.2. The molecule has 2 amide bonds. The van der Waals surface area contributed by atoms with Crippen LogP contribution in [0.3, 0.4) is 0 Å². The number of hydrogen-bond acceptors (Lipinski definition) is 7. The molecule has 0 bridgehead atoms. The molecule has 9 heteroatoms. The summed E-state index contributed by atoms with van der Waals surface area (Å²) in [4.78, 5) is 39.1. The Kier molecular flexibility index (Phi) is 9.27. The third-order valence-electron chi connectivity index (χ3n) is 9.07. The molecule has 0 radical (unpaired) electrons. The fourth-order valence-electron chi connectivity index (χ4n) is 7.02. The van der Waals surface area contributed by atoms with Crippen LogP contribution in [0.15, 0.2) is 77.4 Å². The Morgan fingerprint density at radius 3 is 2.48 bits per heavy atom. The van der Waals surface area contributed by atoms with Gasteiger partial charge in [-0.1, -0.05) is 73.9 Å². The van der Waals surface area contributed by atoms with Crippen LogP contribution >= 0.6 is 0 Å². The number of allylic oxidation sites excluding steroid dienone is 2. The minimum absolute atomic E-state index is 0.136. The third kappa shape index (κ3) is 5.77. The minimum Gasteiger partial charge on any atom is -0.507 e. The van der Waals surface area contributed by atoms with Crippen molar-refractivity contribution in [2.75, 3.05) is 11.5 Å². The summed E-state index contributed by atoms with van der Waals surface area (Å²) in [5, 5.41) is 45.5. The number of benzene rings is 3. The highest BCUT2D eigenvalue weighted by Gasteiger charge is 2.55. The van der Waals surface area contributed by atoms with E-state index in [1.165, 1.54) is 24.3 Å². The van der Waals surface area contributed by atoms with Crippen LogP contribution in [0.25, 0.3) is 16.8 Å². The minimum atomic E-state index is -0.922. The van der Waals surface area contributed by atoms with Gasteiger partial charge in [0.1, 0.15) is 5.75 Å². The average molecular weight is 599 g/mol. The number of carbonyl (C=O) groups excluding carboxylic acids is 2. The first-order valence-corrected chi connectivity index (χ1v) is 15.2. The molecule has 2 aliphatic rings. The van der Waals surface area contributed by atoms with Gasteiger partial charge >= 0.3 is 0 Å². The number of anilines is 1. The molecule has 1 saturated heterocycles. The van der Waals surface area contributed by atoms with Crippen molar-refractivity contribution < 1.29 is 29.8 Å². The molecule has 0 spiro atoms. The lowest BCUT2D eigenvalue weighted by Crippen LogP contribution is -2.39. The summed E-state index contributed by atoms with van der Waals surface area (Å²) in [6.45, 7) is 3.63. The number of phenolic OH excluding ortho intramolecular Hbond substituents is 1. The zero-order chi connectivity index (χ0) is 31.5. The summed E-state index contributed by atoms with van der Waals surface area (Å²) in [5.41, 5.74) is 3.52. The van der Waals surface area contributed by atoms with E-state index < -0.39 is 47.2 Å². The fraction of sp³-hybridized carbons (Fsp3) is 0.371. The molecule has 0 unspecified atom stereocenters. The number of aromatic hydroxyl groups is 1. The van der Waals surface area contributed by atoms with E-state index in [0.29, 0.717) is 24.8 Å². The van der Waals surface area contributed by atoms with Crippen molar-refractivity contribution >= 4 is 40.0 Å². The van der Waals surface area contributed by atoms with Crippen LogP contribution in [0, 0.1) is 27.9 Å². The van der Waals surface area contributed by atoms with E-state index in [1.807, 2.05) is 37.3 Å². The monoisotopic (exact) mass is 598 g/mol. The quantitative estimate of drug-likeness (QED) is 0.102. The second kappa shape index (κ2) is 13.1. The summed E-state index contributed by atoms with van der Waals surface area (Å²) in [7, 11) is 0. The highest BCUT2D eigenvalue weighted by Crippen LogP contribution is 2.48. The van der Waals surface area contributed by atoms with Gasteiger partial charge in [0.05, 0.1) is 35.2 Å². The predicted molar refractivity (Wildman–Crippen MR) is 169 cm³/mol. The molecule has 44 heavy (non-hydrogen) atoms. The van der Waals surface area contributed by atoms with Crippen LogP contribution in [0.1, 0.15) is 57.9 Å². The second-order valence-corrected chi connectivity index (χ2v) is 11.7. The molecule has 230 valence electrons. The Balaban J connectivity index is 1.41. The van der Waals surface area contributed by atoms with Crippen LogP contribution in [0.4, 0.5) is 11.4 Å². The van der Waals surface area contributed by atoms with Crippen LogP contribution < -0.4 is 4.90 Å². The van der Waals surface area contributed by atoms with Crippen LogP contribution in [-0.4, -0.2) is 44.8 Å². The maximum atomic E-state index is 13.7. The van der Waals surface area contributed by atoms with Crippen LogP contribution in [-0.2, 0) is 9.59 Å². The molecule has 1 fully saturated rings. The van der Waals surface area contributed by atoms with E-state index in [2.05, 4.69) is 13.0 Å². The number of fused-ring (bicyclic) bond motifs is 2. The van der Waals surface area contributed by atoms with E-state index >= 15 is 0 Å². The summed E-state index contributed by atoms with van der Waals surface area (Å²) in [5.74, 6) is -3.03. The largest absolute Gasteiger partial charge is 0.507 e. The lowest BCUT2D eigenvalue weighted by Gasteiger charge is -2.36. The van der Waals surface area contributed by atoms with Crippen molar-refractivity contribution in [1.29, 1.82) is 0 Å². The van der Waals surface area contributed by atoms with Gasteiger partial charge in [0.25, 0.3) is 5.69 Å². The van der Waals surface area contributed by atoms with Crippen molar-refractivity contribution in [3.63, 3.8) is 0 Å². The maximum Gasteiger partial charge on any atom is 0.271 e. The number of imide groups is 1. The summed E-state index contributed by atoms with van der Waals surface area (Å²) < 4.78 is 0. The number of nitro groups is 1. The lowest BCUT2D eigenvalue weighted by molar-refractivity contribution is -0.384. The zero-order valence-electron chi connectivity index (χ0n) is 25.0. The molecule has 3 aromatic rings. The molecular weight excluding hydrogens is 560 g/mol. The molecule has 0 saturated carbocycles. The van der Waals surface area contributed by atoms with Crippen molar-refractivity contribution in [3.8, 4) is 5.75 Å². The Morgan fingerprint density at radius 1 is 1.05 bits per heavy atom. The molecule has 4 atom stereocenters.